The van der Waals surface area contributed by atoms with Crippen LogP contribution in [-0.4, -0.2) is 5.91 Å². The lowest BCUT2D eigenvalue weighted by molar-refractivity contribution is -0.116. The summed E-state index contributed by atoms with van der Waals surface area (Å²) >= 11 is 3.17. The summed E-state index contributed by atoms with van der Waals surface area (Å²) in [6.07, 6.45) is 6.60. The molecule has 0 bridgehead atoms. The Balaban J connectivity index is 1.95. The van der Waals surface area contributed by atoms with Gasteiger partial charge in [-0.05, 0) is 37.0 Å². The van der Waals surface area contributed by atoms with Crippen LogP contribution in [0.25, 0.3) is 0 Å². The molecule has 90 valence electrons. The number of anilines is 1. The summed E-state index contributed by atoms with van der Waals surface area (Å²) in [4.78, 5) is 11.7. The van der Waals surface area contributed by atoms with Gasteiger partial charge in [-0.25, -0.2) is 4.39 Å². The van der Waals surface area contributed by atoms with Crippen molar-refractivity contribution in [3.63, 3.8) is 0 Å². The van der Waals surface area contributed by atoms with Gasteiger partial charge in [-0.3, -0.25) is 4.79 Å². The van der Waals surface area contributed by atoms with Crippen molar-refractivity contribution in [2.75, 3.05) is 5.32 Å². The van der Waals surface area contributed by atoms with E-state index < -0.39 is 5.82 Å². The molecule has 0 saturated carbocycles. The van der Waals surface area contributed by atoms with Crippen LogP contribution in [0.4, 0.5) is 10.1 Å². The molecule has 0 fully saturated rings. The average Bonchev–Trinajstić information content (AvgIpc) is 2.75. The molecule has 0 aliphatic heterocycles. The van der Waals surface area contributed by atoms with E-state index in [1.807, 2.05) is 0 Å². The SMILES string of the molecule is O=C(CC1C=CCC1)Nc1ccc(Br)cc1F. The normalized spacial score (nSPS) is 18.4. The Hall–Kier alpha value is -1.16. The van der Waals surface area contributed by atoms with Gasteiger partial charge >= 0.3 is 0 Å². The van der Waals surface area contributed by atoms with E-state index in [2.05, 4.69) is 33.4 Å². The summed E-state index contributed by atoms with van der Waals surface area (Å²) in [6, 6.07) is 4.60. The van der Waals surface area contributed by atoms with Gasteiger partial charge in [-0.2, -0.15) is 0 Å². The highest BCUT2D eigenvalue weighted by atomic mass is 79.9. The Morgan fingerprint density at radius 2 is 2.35 bits per heavy atom. The Labute approximate surface area is 108 Å². The van der Waals surface area contributed by atoms with Crippen LogP contribution in [0, 0.1) is 11.7 Å². The minimum Gasteiger partial charge on any atom is -0.324 e. The van der Waals surface area contributed by atoms with Crippen LogP contribution in [0.2, 0.25) is 0 Å². The van der Waals surface area contributed by atoms with Gasteiger partial charge in [-0.1, -0.05) is 28.1 Å². The number of hydrogen-bond acceptors (Lipinski definition) is 1. The van der Waals surface area contributed by atoms with Crippen molar-refractivity contribution >= 4 is 27.5 Å². The minimum absolute atomic E-state index is 0.136. The molecule has 1 N–H and O–H groups in total. The molecule has 0 spiro atoms. The molecule has 4 heteroatoms. The average molecular weight is 298 g/mol. The first-order chi connectivity index (χ1) is 8.15. The molecular formula is C13H13BrFNO. The highest BCUT2D eigenvalue weighted by Crippen LogP contribution is 2.23. The number of halogens is 2. The summed E-state index contributed by atoms with van der Waals surface area (Å²) < 4.78 is 14.1. The smallest absolute Gasteiger partial charge is 0.225 e. The standard InChI is InChI=1S/C13H13BrFNO/c14-10-5-6-12(11(15)8-10)16-13(17)7-9-3-1-2-4-9/h1,3,5-6,8-9H,2,4,7H2,(H,16,17). The predicted molar refractivity (Wildman–Crippen MR) is 69.2 cm³/mol. The van der Waals surface area contributed by atoms with Gasteiger partial charge in [0.05, 0.1) is 5.69 Å². The molecule has 1 aliphatic carbocycles. The lowest BCUT2D eigenvalue weighted by Crippen LogP contribution is -2.15. The number of benzene rings is 1. The van der Waals surface area contributed by atoms with E-state index in [1.54, 1.807) is 12.1 Å². The molecule has 1 amide bonds. The van der Waals surface area contributed by atoms with Gasteiger partial charge in [-0.15, -0.1) is 0 Å². The van der Waals surface area contributed by atoms with Crippen LogP contribution in [0.3, 0.4) is 0 Å². The van der Waals surface area contributed by atoms with E-state index in [-0.39, 0.29) is 11.6 Å². The second kappa shape index (κ2) is 5.45. The fourth-order valence-electron chi connectivity index (χ4n) is 1.90. The van der Waals surface area contributed by atoms with Gasteiger partial charge in [0.15, 0.2) is 0 Å². The van der Waals surface area contributed by atoms with Crippen molar-refractivity contribution in [1.82, 2.24) is 0 Å². The molecule has 2 nitrogen and oxygen atoms in total. The van der Waals surface area contributed by atoms with E-state index >= 15 is 0 Å². The number of allylic oxidation sites excluding steroid dienone is 2. The van der Waals surface area contributed by atoms with Crippen molar-refractivity contribution in [2.45, 2.75) is 19.3 Å². The van der Waals surface area contributed by atoms with Gasteiger partial charge in [0, 0.05) is 10.9 Å². The maximum absolute atomic E-state index is 13.5. The van der Waals surface area contributed by atoms with Gasteiger partial charge < -0.3 is 5.32 Å². The van der Waals surface area contributed by atoms with Crippen LogP contribution in [0.1, 0.15) is 19.3 Å². The van der Waals surface area contributed by atoms with Gasteiger partial charge in [0.2, 0.25) is 5.91 Å². The molecule has 0 radical (unpaired) electrons. The molecule has 2 rings (SSSR count). The molecule has 1 aliphatic rings. The Kier molecular flexibility index (Phi) is 3.94. The Morgan fingerprint density at radius 3 is 3.00 bits per heavy atom. The van der Waals surface area contributed by atoms with E-state index in [4.69, 9.17) is 0 Å². The van der Waals surface area contributed by atoms with Crippen LogP contribution >= 0.6 is 15.9 Å². The summed E-state index contributed by atoms with van der Waals surface area (Å²) in [5, 5.41) is 2.60. The van der Waals surface area contributed by atoms with E-state index in [0.717, 1.165) is 12.8 Å². The summed E-state index contributed by atoms with van der Waals surface area (Å²) in [7, 11) is 0. The first-order valence-corrected chi connectivity index (χ1v) is 6.36. The summed E-state index contributed by atoms with van der Waals surface area (Å²) in [5.41, 5.74) is 0.236. The van der Waals surface area contributed by atoms with Crippen molar-refractivity contribution in [1.29, 1.82) is 0 Å². The van der Waals surface area contributed by atoms with Gasteiger partial charge in [0.25, 0.3) is 0 Å². The largest absolute Gasteiger partial charge is 0.324 e. The third-order valence-electron chi connectivity index (χ3n) is 2.77. The lowest BCUT2D eigenvalue weighted by Gasteiger charge is -2.09. The van der Waals surface area contributed by atoms with Crippen molar-refractivity contribution in [3.8, 4) is 0 Å². The lowest BCUT2D eigenvalue weighted by atomic mass is 10.1. The molecule has 0 saturated heterocycles. The van der Waals surface area contributed by atoms with E-state index in [0.29, 0.717) is 16.8 Å². The number of hydrogen-bond donors (Lipinski definition) is 1. The minimum atomic E-state index is -0.422. The Morgan fingerprint density at radius 1 is 1.53 bits per heavy atom. The van der Waals surface area contributed by atoms with Crippen LogP contribution in [0.15, 0.2) is 34.8 Å². The summed E-state index contributed by atoms with van der Waals surface area (Å²) in [5.74, 6) is -0.258. The highest BCUT2D eigenvalue weighted by Gasteiger charge is 2.15. The van der Waals surface area contributed by atoms with E-state index in [9.17, 15) is 9.18 Å². The summed E-state index contributed by atoms with van der Waals surface area (Å²) in [6.45, 7) is 0. The third-order valence-corrected chi connectivity index (χ3v) is 3.26. The first kappa shape index (κ1) is 12.3. The third kappa shape index (κ3) is 3.40. The zero-order valence-electron chi connectivity index (χ0n) is 9.25. The van der Waals surface area contributed by atoms with Crippen molar-refractivity contribution in [2.24, 2.45) is 5.92 Å². The molecule has 1 aromatic carbocycles. The predicted octanol–water partition coefficient (Wildman–Crippen LogP) is 3.88. The fraction of sp³-hybridized carbons (Fsp3) is 0.308. The molecule has 1 aromatic rings. The highest BCUT2D eigenvalue weighted by molar-refractivity contribution is 9.10. The second-order valence-corrected chi connectivity index (χ2v) is 5.06. The quantitative estimate of drug-likeness (QED) is 0.843. The zero-order chi connectivity index (χ0) is 12.3. The van der Waals surface area contributed by atoms with Crippen LogP contribution < -0.4 is 5.32 Å². The number of carbonyl (C=O) groups excluding carboxylic acids is 1. The molecule has 0 aromatic heterocycles. The molecule has 17 heavy (non-hydrogen) atoms. The molecule has 1 unspecified atom stereocenters. The number of nitrogens with one attached hydrogen (secondary N) is 1. The Bertz CT molecular complexity index is 459. The number of amides is 1. The number of rotatable bonds is 3. The maximum Gasteiger partial charge on any atom is 0.225 e. The van der Waals surface area contributed by atoms with Crippen LogP contribution in [0.5, 0.6) is 0 Å². The zero-order valence-corrected chi connectivity index (χ0v) is 10.8. The molecule has 1 atom stereocenters. The van der Waals surface area contributed by atoms with Gasteiger partial charge in [0.1, 0.15) is 5.82 Å². The topological polar surface area (TPSA) is 29.1 Å². The first-order valence-electron chi connectivity index (χ1n) is 5.57. The van der Waals surface area contributed by atoms with Crippen LogP contribution in [-0.2, 0) is 4.79 Å². The van der Waals surface area contributed by atoms with Crippen molar-refractivity contribution < 1.29 is 9.18 Å². The van der Waals surface area contributed by atoms with Crippen molar-refractivity contribution in [3.05, 3.63) is 40.6 Å². The fourth-order valence-corrected chi connectivity index (χ4v) is 2.23. The second-order valence-electron chi connectivity index (χ2n) is 4.14. The maximum atomic E-state index is 13.5. The number of carbonyl (C=O) groups is 1. The molecular weight excluding hydrogens is 285 g/mol. The van der Waals surface area contributed by atoms with E-state index in [1.165, 1.54) is 6.07 Å². The molecule has 0 heterocycles. The monoisotopic (exact) mass is 297 g/mol.